The molecule has 0 bridgehead atoms. The maximum Gasteiger partial charge on any atom is 0.254 e. The molecule has 3 aromatic heterocycles. The summed E-state index contributed by atoms with van der Waals surface area (Å²) >= 11 is 0. The fraction of sp³-hybridized carbons (Fsp3) is 0.154. The lowest BCUT2D eigenvalue weighted by atomic mass is 9.89. The van der Waals surface area contributed by atoms with Crippen LogP contribution < -0.4 is 11.3 Å². The van der Waals surface area contributed by atoms with Crippen LogP contribution in [0.15, 0.2) is 59.8 Å². The van der Waals surface area contributed by atoms with Crippen molar-refractivity contribution in [3.05, 3.63) is 99.2 Å². The van der Waals surface area contributed by atoms with E-state index < -0.39 is 17.6 Å². The number of pyridine rings is 2. The molecule has 33 heavy (non-hydrogen) atoms. The van der Waals surface area contributed by atoms with Crippen molar-refractivity contribution < 1.29 is 8.78 Å². The van der Waals surface area contributed by atoms with Gasteiger partial charge in [0.15, 0.2) is 0 Å². The van der Waals surface area contributed by atoms with Crippen LogP contribution in [-0.2, 0) is 13.6 Å². The smallest absolute Gasteiger partial charge is 0.254 e. The van der Waals surface area contributed by atoms with E-state index in [1.165, 1.54) is 4.57 Å². The van der Waals surface area contributed by atoms with Crippen molar-refractivity contribution in [3.63, 3.8) is 0 Å². The van der Waals surface area contributed by atoms with E-state index in [0.717, 1.165) is 34.7 Å². The Bertz CT molecular complexity index is 1510. The molecule has 0 aliphatic rings. The summed E-state index contributed by atoms with van der Waals surface area (Å²) in [4.78, 5) is 20.0. The summed E-state index contributed by atoms with van der Waals surface area (Å²) in [6.45, 7) is 0.282. The van der Waals surface area contributed by atoms with Crippen molar-refractivity contribution in [1.82, 2.24) is 14.5 Å². The summed E-state index contributed by atoms with van der Waals surface area (Å²) in [5, 5.41) is 0.847. The van der Waals surface area contributed by atoms with Gasteiger partial charge in [0.05, 0.1) is 0 Å². The molecule has 0 saturated carbocycles. The van der Waals surface area contributed by atoms with Crippen molar-refractivity contribution in [2.45, 2.75) is 18.9 Å². The number of nitrogens with zero attached hydrogens (tertiary/aromatic N) is 2. The summed E-state index contributed by atoms with van der Waals surface area (Å²) in [6, 6.07) is 8.37. The van der Waals surface area contributed by atoms with E-state index in [1.54, 1.807) is 37.8 Å². The second-order valence-electron chi connectivity index (χ2n) is 7.46. The molecule has 0 fully saturated rings. The van der Waals surface area contributed by atoms with Crippen LogP contribution in [-0.4, -0.2) is 14.5 Å². The zero-order valence-electron chi connectivity index (χ0n) is 17.8. The summed E-state index contributed by atoms with van der Waals surface area (Å²) in [5.41, 5.74) is 8.16. The van der Waals surface area contributed by atoms with Gasteiger partial charge in [0.2, 0.25) is 0 Å². The third-order valence-electron chi connectivity index (χ3n) is 5.39. The number of rotatable bonds is 4. The van der Waals surface area contributed by atoms with Gasteiger partial charge in [-0.2, -0.15) is 0 Å². The number of nitrogens with two attached hydrogens (primary N) is 1. The lowest BCUT2D eigenvalue weighted by molar-refractivity contribution is 0.574. The number of H-pyrrole nitrogens is 1. The summed E-state index contributed by atoms with van der Waals surface area (Å²) in [5.74, 6) is 9.59. The summed E-state index contributed by atoms with van der Waals surface area (Å²) in [6.07, 6.45) is 5.14. The monoisotopic (exact) mass is 442 g/mol. The first-order chi connectivity index (χ1) is 16.0. The van der Waals surface area contributed by atoms with E-state index in [4.69, 9.17) is 5.73 Å². The van der Waals surface area contributed by atoms with Gasteiger partial charge in [-0.3, -0.25) is 4.79 Å². The minimum Gasteiger partial charge on any atom is -0.346 e. The maximum absolute atomic E-state index is 14.6. The second-order valence-corrected chi connectivity index (χ2v) is 7.46. The van der Waals surface area contributed by atoms with E-state index in [1.807, 2.05) is 6.07 Å². The zero-order chi connectivity index (χ0) is 23.4. The Morgan fingerprint density at radius 2 is 2.03 bits per heavy atom. The van der Waals surface area contributed by atoms with Gasteiger partial charge < -0.3 is 15.3 Å². The largest absolute Gasteiger partial charge is 0.346 e. The number of aromatic nitrogens is 3. The van der Waals surface area contributed by atoms with Gasteiger partial charge >= 0.3 is 0 Å². The third kappa shape index (κ3) is 4.55. The predicted octanol–water partition coefficient (Wildman–Crippen LogP) is 3.58. The van der Waals surface area contributed by atoms with Crippen LogP contribution in [0, 0.1) is 35.3 Å². The molecule has 0 amide bonds. The van der Waals surface area contributed by atoms with Crippen LogP contribution in [0.3, 0.4) is 0 Å². The molecular formula is C26H20F2N4O. The Morgan fingerprint density at radius 1 is 1.18 bits per heavy atom. The molecule has 4 aromatic rings. The van der Waals surface area contributed by atoms with Gasteiger partial charge in [0.25, 0.3) is 5.56 Å². The summed E-state index contributed by atoms with van der Waals surface area (Å²) in [7, 11) is 1.60. The molecule has 3 heterocycles. The first kappa shape index (κ1) is 22.0. The van der Waals surface area contributed by atoms with Crippen LogP contribution in [0.25, 0.3) is 11.0 Å². The topological polar surface area (TPSA) is 76.7 Å². The molecule has 1 aromatic carbocycles. The lowest BCUT2D eigenvalue weighted by Gasteiger charge is -2.16. The van der Waals surface area contributed by atoms with Gasteiger partial charge in [-0.15, -0.1) is 0 Å². The standard InChI is InChI=1S/C26H20F2N4O/c1-32-13-5-8-22(26(32)33)20(23-14-18(27)9-10-24(23)28)7-4-2-3-6-19-17(15-29)16-31-25-21(19)11-12-30-25/h5,8-14,16,20H,7,15,29H2,1H3,(H,30,31). The molecule has 164 valence electrons. The number of benzene rings is 1. The fourth-order valence-corrected chi connectivity index (χ4v) is 3.70. The minimum absolute atomic E-state index is 0.0779. The van der Waals surface area contributed by atoms with Crippen molar-refractivity contribution in [2.24, 2.45) is 12.8 Å². The molecule has 4 rings (SSSR count). The van der Waals surface area contributed by atoms with E-state index in [9.17, 15) is 13.6 Å². The number of aromatic amines is 1. The van der Waals surface area contributed by atoms with E-state index in [0.29, 0.717) is 11.2 Å². The molecule has 0 spiro atoms. The Morgan fingerprint density at radius 3 is 2.85 bits per heavy atom. The number of fused-ring (bicyclic) bond motifs is 1. The fourth-order valence-electron chi connectivity index (χ4n) is 3.70. The molecular weight excluding hydrogens is 422 g/mol. The molecule has 3 N–H and O–H groups in total. The number of aryl methyl sites for hydroxylation is 1. The van der Waals surface area contributed by atoms with Crippen LogP contribution in [0.5, 0.6) is 0 Å². The normalized spacial score (nSPS) is 11.4. The minimum atomic E-state index is -0.744. The third-order valence-corrected chi connectivity index (χ3v) is 5.39. The Hall–Kier alpha value is -4.20. The molecule has 7 heteroatoms. The molecule has 0 radical (unpaired) electrons. The number of hydrogen-bond donors (Lipinski definition) is 2. The number of nitrogens with one attached hydrogen (secondary N) is 1. The number of halogens is 2. The SMILES string of the molecule is Cn1cccc(C(CC#CC#Cc2c(CN)cnc3[nH]ccc23)c2cc(F)ccc2F)c1=O. The van der Waals surface area contributed by atoms with Crippen LogP contribution >= 0.6 is 0 Å². The highest BCUT2D eigenvalue weighted by molar-refractivity contribution is 5.84. The summed E-state index contributed by atoms with van der Waals surface area (Å²) < 4.78 is 29.8. The highest BCUT2D eigenvalue weighted by atomic mass is 19.1. The molecule has 0 aliphatic carbocycles. The van der Waals surface area contributed by atoms with Gasteiger partial charge in [-0.1, -0.05) is 17.9 Å². The zero-order valence-corrected chi connectivity index (χ0v) is 17.8. The van der Waals surface area contributed by atoms with E-state index in [-0.39, 0.29) is 24.1 Å². The number of hydrogen-bond acceptors (Lipinski definition) is 3. The van der Waals surface area contributed by atoms with Crippen molar-refractivity contribution in [2.75, 3.05) is 0 Å². The molecule has 0 saturated heterocycles. The average Bonchev–Trinajstić information content (AvgIpc) is 3.29. The van der Waals surface area contributed by atoms with Gasteiger partial charge in [0, 0.05) is 66.6 Å². The second kappa shape index (κ2) is 9.52. The first-order valence-corrected chi connectivity index (χ1v) is 10.2. The highest BCUT2D eigenvalue weighted by Crippen LogP contribution is 2.28. The van der Waals surface area contributed by atoms with Gasteiger partial charge in [-0.25, -0.2) is 13.8 Å². The Labute approximate surface area is 189 Å². The average molecular weight is 442 g/mol. The van der Waals surface area contributed by atoms with Crippen molar-refractivity contribution >= 4 is 11.0 Å². The van der Waals surface area contributed by atoms with E-state index >= 15 is 0 Å². The molecule has 1 unspecified atom stereocenters. The quantitative estimate of drug-likeness (QED) is 0.475. The van der Waals surface area contributed by atoms with Crippen LogP contribution in [0.1, 0.15) is 34.6 Å². The maximum atomic E-state index is 14.6. The van der Waals surface area contributed by atoms with Gasteiger partial charge in [0.1, 0.15) is 17.3 Å². The molecule has 1 atom stereocenters. The van der Waals surface area contributed by atoms with Crippen molar-refractivity contribution in [1.29, 1.82) is 0 Å². The Kier molecular flexibility index (Phi) is 6.35. The lowest BCUT2D eigenvalue weighted by Crippen LogP contribution is -2.23. The predicted molar refractivity (Wildman–Crippen MR) is 123 cm³/mol. The van der Waals surface area contributed by atoms with E-state index in [2.05, 4.69) is 33.6 Å². The van der Waals surface area contributed by atoms with Crippen LogP contribution in [0.4, 0.5) is 8.78 Å². The highest BCUT2D eigenvalue weighted by Gasteiger charge is 2.21. The van der Waals surface area contributed by atoms with Gasteiger partial charge in [-0.05, 0) is 47.7 Å². The molecule has 0 aliphatic heterocycles. The molecule has 5 nitrogen and oxygen atoms in total. The Balaban J connectivity index is 1.70. The first-order valence-electron chi connectivity index (χ1n) is 10.2. The van der Waals surface area contributed by atoms with Crippen molar-refractivity contribution in [3.8, 4) is 23.7 Å². The van der Waals surface area contributed by atoms with Crippen LogP contribution in [0.2, 0.25) is 0 Å².